The summed E-state index contributed by atoms with van der Waals surface area (Å²) >= 11 is 3.31. The monoisotopic (exact) mass is 482 g/mol. The normalized spacial score (nSPS) is 13.6. The first-order valence-corrected chi connectivity index (χ1v) is 9.54. The van der Waals surface area contributed by atoms with Gasteiger partial charge >= 0.3 is 5.97 Å². The largest absolute Gasteiger partial charge is 0.466 e. The van der Waals surface area contributed by atoms with Crippen LogP contribution >= 0.6 is 15.9 Å². The maximum atomic E-state index is 13.8. The van der Waals surface area contributed by atoms with E-state index in [0.29, 0.717) is 16.2 Å². The SMILES string of the molecule is COC(=O)C1=C(Nc2ccc(Oc3ccc(F)cc3F)c(Br)c2)C(=O)N(CCO)C1. The van der Waals surface area contributed by atoms with Crippen molar-refractivity contribution in [1.82, 2.24) is 4.90 Å². The van der Waals surface area contributed by atoms with E-state index >= 15 is 0 Å². The number of aliphatic hydroxyl groups is 1. The summed E-state index contributed by atoms with van der Waals surface area (Å²) in [7, 11) is 1.21. The van der Waals surface area contributed by atoms with Crippen molar-refractivity contribution < 1.29 is 33.0 Å². The lowest BCUT2D eigenvalue weighted by atomic mass is 10.2. The third-order valence-corrected chi connectivity index (χ3v) is 4.89. The van der Waals surface area contributed by atoms with Gasteiger partial charge in [-0.15, -0.1) is 0 Å². The number of amides is 1. The number of anilines is 1. The van der Waals surface area contributed by atoms with Crippen LogP contribution in [0, 0.1) is 11.6 Å². The number of nitrogens with zero attached hydrogens (tertiary/aromatic N) is 1. The molecule has 0 aliphatic carbocycles. The Balaban J connectivity index is 1.83. The quantitative estimate of drug-likeness (QED) is 0.589. The molecule has 0 saturated heterocycles. The van der Waals surface area contributed by atoms with E-state index in [1.807, 2.05) is 0 Å². The number of carbonyl (C=O) groups excluding carboxylic acids is 2. The summed E-state index contributed by atoms with van der Waals surface area (Å²) in [4.78, 5) is 25.9. The van der Waals surface area contributed by atoms with Crippen molar-refractivity contribution in [2.45, 2.75) is 0 Å². The van der Waals surface area contributed by atoms with E-state index in [9.17, 15) is 18.4 Å². The van der Waals surface area contributed by atoms with Crippen molar-refractivity contribution in [1.29, 1.82) is 0 Å². The first-order chi connectivity index (χ1) is 14.3. The molecule has 1 aliphatic heterocycles. The molecule has 10 heteroatoms. The van der Waals surface area contributed by atoms with Crippen LogP contribution in [0.4, 0.5) is 14.5 Å². The van der Waals surface area contributed by atoms with Crippen molar-refractivity contribution >= 4 is 33.5 Å². The van der Waals surface area contributed by atoms with Gasteiger partial charge in [0.05, 0.1) is 30.3 Å². The molecule has 0 unspecified atom stereocenters. The van der Waals surface area contributed by atoms with Crippen molar-refractivity contribution in [3.8, 4) is 11.5 Å². The molecule has 7 nitrogen and oxygen atoms in total. The molecule has 0 bridgehead atoms. The standard InChI is InChI=1S/C20H17BrF2N2O5/c1-29-20(28)13-10-25(6-7-26)19(27)18(13)24-12-3-5-16(14(21)9-12)30-17-4-2-11(22)8-15(17)23/h2-5,8-9,24,26H,6-7,10H2,1H3. The van der Waals surface area contributed by atoms with Crippen LogP contribution in [0.25, 0.3) is 0 Å². The van der Waals surface area contributed by atoms with Gasteiger partial charge in [-0.05, 0) is 46.3 Å². The number of benzene rings is 2. The predicted molar refractivity (Wildman–Crippen MR) is 107 cm³/mol. The van der Waals surface area contributed by atoms with Crippen molar-refractivity contribution in [3.05, 3.63) is 63.8 Å². The summed E-state index contributed by atoms with van der Waals surface area (Å²) in [5.74, 6) is -2.57. The lowest BCUT2D eigenvalue weighted by Crippen LogP contribution is -2.31. The Morgan fingerprint density at radius 3 is 2.60 bits per heavy atom. The minimum atomic E-state index is -0.850. The highest BCUT2D eigenvalue weighted by Crippen LogP contribution is 2.34. The molecular weight excluding hydrogens is 466 g/mol. The van der Waals surface area contributed by atoms with Crippen LogP contribution in [-0.2, 0) is 14.3 Å². The van der Waals surface area contributed by atoms with Crippen LogP contribution in [-0.4, -0.2) is 48.7 Å². The number of methoxy groups -OCH3 is 1. The van der Waals surface area contributed by atoms with Crippen molar-refractivity contribution in [3.63, 3.8) is 0 Å². The molecule has 2 aromatic carbocycles. The second-order valence-corrected chi connectivity index (χ2v) is 7.10. The minimum absolute atomic E-state index is 0.0145. The number of halogens is 3. The molecule has 2 aromatic rings. The number of nitrogens with one attached hydrogen (secondary N) is 1. The van der Waals surface area contributed by atoms with Crippen LogP contribution in [0.3, 0.4) is 0 Å². The lowest BCUT2D eigenvalue weighted by Gasteiger charge is -2.15. The van der Waals surface area contributed by atoms with E-state index in [0.717, 1.165) is 6.07 Å². The highest BCUT2D eigenvalue weighted by Gasteiger charge is 2.34. The zero-order valence-electron chi connectivity index (χ0n) is 15.7. The Kier molecular flexibility index (Phi) is 6.68. The number of aliphatic hydroxyl groups excluding tert-OH is 1. The fraction of sp³-hybridized carbons (Fsp3) is 0.200. The smallest absolute Gasteiger partial charge is 0.337 e. The maximum Gasteiger partial charge on any atom is 0.337 e. The second-order valence-electron chi connectivity index (χ2n) is 6.24. The van der Waals surface area contributed by atoms with E-state index in [1.165, 1.54) is 24.1 Å². The molecule has 0 aromatic heterocycles. The number of β-amino-alcohol motifs (C(OH)–C–C–N with tert-alkyl or cyclic N) is 1. The Morgan fingerprint density at radius 2 is 1.97 bits per heavy atom. The number of hydrogen-bond donors (Lipinski definition) is 2. The van der Waals surface area contributed by atoms with E-state index in [4.69, 9.17) is 14.6 Å². The lowest BCUT2D eigenvalue weighted by molar-refractivity contribution is -0.136. The van der Waals surface area contributed by atoms with E-state index in [-0.39, 0.29) is 42.5 Å². The summed E-state index contributed by atoms with van der Waals surface area (Å²) in [6.07, 6.45) is 0. The summed E-state index contributed by atoms with van der Waals surface area (Å²) in [5, 5.41) is 12.0. The Hall–Kier alpha value is -2.98. The molecule has 0 radical (unpaired) electrons. The molecule has 0 atom stereocenters. The number of hydrogen-bond acceptors (Lipinski definition) is 6. The first kappa shape index (κ1) is 21.7. The van der Waals surface area contributed by atoms with E-state index < -0.39 is 23.5 Å². The summed E-state index contributed by atoms with van der Waals surface area (Å²) < 4.78 is 37.5. The third-order valence-electron chi connectivity index (χ3n) is 4.27. The van der Waals surface area contributed by atoms with Crippen LogP contribution in [0.2, 0.25) is 0 Å². The molecule has 2 N–H and O–H groups in total. The zero-order valence-corrected chi connectivity index (χ0v) is 17.3. The van der Waals surface area contributed by atoms with Gasteiger partial charge in [-0.1, -0.05) is 0 Å². The molecule has 1 heterocycles. The summed E-state index contributed by atoms with van der Waals surface area (Å²) in [6.45, 7) is -0.157. The summed E-state index contributed by atoms with van der Waals surface area (Å²) in [6, 6.07) is 7.60. The average molecular weight is 483 g/mol. The number of esters is 1. The topological polar surface area (TPSA) is 88.1 Å². The van der Waals surface area contributed by atoms with Crippen LogP contribution in [0.5, 0.6) is 11.5 Å². The highest BCUT2D eigenvalue weighted by atomic mass is 79.9. The van der Waals surface area contributed by atoms with Gasteiger partial charge in [-0.25, -0.2) is 13.6 Å². The van der Waals surface area contributed by atoms with Gasteiger partial charge in [-0.3, -0.25) is 4.79 Å². The van der Waals surface area contributed by atoms with Gasteiger partial charge in [0.1, 0.15) is 17.3 Å². The molecule has 0 saturated carbocycles. The molecule has 1 amide bonds. The number of carbonyl (C=O) groups is 2. The molecule has 30 heavy (non-hydrogen) atoms. The predicted octanol–water partition coefficient (Wildman–Crippen LogP) is 3.19. The van der Waals surface area contributed by atoms with Gasteiger partial charge in [0.25, 0.3) is 5.91 Å². The second kappa shape index (κ2) is 9.23. The molecule has 3 rings (SSSR count). The van der Waals surface area contributed by atoms with Gasteiger partial charge in [0.15, 0.2) is 11.6 Å². The molecule has 0 spiro atoms. The average Bonchev–Trinajstić information content (AvgIpc) is 3.01. The number of rotatable bonds is 7. The Morgan fingerprint density at radius 1 is 1.23 bits per heavy atom. The fourth-order valence-corrected chi connectivity index (χ4v) is 3.29. The van der Waals surface area contributed by atoms with Crippen molar-refractivity contribution in [2.75, 3.05) is 32.1 Å². The fourth-order valence-electron chi connectivity index (χ4n) is 2.83. The van der Waals surface area contributed by atoms with Crippen LogP contribution < -0.4 is 10.1 Å². The van der Waals surface area contributed by atoms with Gasteiger partial charge < -0.3 is 24.8 Å². The maximum absolute atomic E-state index is 13.8. The molecular formula is C20H17BrF2N2O5. The first-order valence-electron chi connectivity index (χ1n) is 8.75. The van der Waals surface area contributed by atoms with E-state index in [1.54, 1.807) is 12.1 Å². The molecule has 0 fully saturated rings. The third kappa shape index (κ3) is 4.60. The zero-order chi connectivity index (χ0) is 21.8. The van der Waals surface area contributed by atoms with Gasteiger partial charge in [0, 0.05) is 18.3 Å². The van der Waals surface area contributed by atoms with Crippen molar-refractivity contribution in [2.24, 2.45) is 0 Å². The van der Waals surface area contributed by atoms with E-state index in [2.05, 4.69) is 21.2 Å². The highest BCUT2D eigenvalue weighted by molar-refractivity contribution is 9.10. The summed E-state index contributed by atoms with van der Waals surface area (Å²) in [5.41, 5.74) is 0.630. The Labute approximate surface area is 179 Å². The minimum Gasteiger partial charge on any atom is -0.466 e. The molecule has 1 aliphatic rings. The number of ether oxygens (including phenoxy) is 2. The Bertz CT molecular complexity index is 1030. The van der Waals surface area contributed by atoms with Gasteiger partial charge in [0.2, 0.25) is 0 Å². The van der Waals surface area contributed by atoms with Crippen LogP contribution in [0.15, 0.2) is 52.1 Å². The molecule has 158 valence electrons. The van der Waals surface area contributed by atoms with Gasteiger partial charge in [-0.2, -0.15) is 0 Å². The van der Waals surface area contributed by atoms with Crippen LogP contribution in [0.1, 0.15) is 0 Å².